The third-order valence-corrected chi connectivity index (χ3v) is 2.86. The van der Waals surface area contributed by atoms with Gasteiger partial charge in [-0.15, -0.1) is 0 Å². The number of benzene rings is 1. The quantitative estimate of drug-likeness (QED) is 0.897. The Kier molecular flexibility index (Phi) is 4.28. The highest BCUT2D eigenvalue weighted by Crippen LogP contribution is 2.17. The van der Waals surface area contributed by atoms with Gasteiger partial charge < -0.3 is 10.4 Å². The van der Waals surface area contributed by atoms with Crippen molar-refractivity contribution >= 4 is 27.8 Å². The first kappa shape index (κ1) is 13.7. The van der Waals surface area contributed by atoms with Crippen LogP contribution in [0.25, 0.3) is 0 Å². The van der Waals surface area contributed by atoms with E-state index in [1.807, 2.05) is 6.07 Å². The van der Waals surface area contributed by atoms with Crippen LogP contribution < -0.4 is 5.32 Å². The van der Waals surface area contributed by atoms with Crippen LogP contribution in [-0.2, 0) is 4.79 Å². The molecule has 1 aromatic carbocycles. The largest absolute Gasteiger partial charge is 0.481 e. The molecule has 4 nitrogen and oxygen atoms in total. The summed E-state index contributed by atoms with van der Waals surface area (Å²) in [5, 5.41) is 11.4. The molecular formula is C12H14BrNO3. The van der Waals surface area contributed by atoms with Crippen LogP contribution in [0.5, 0.6) is 0 Å². The second-order valence-electron chi connectivity index (χ2n) is 4.39. The molecular weight excluding hydrogens is 286 g/mol. The predicted octanol–water partition coefficient (Wildman–Crippen LogP) is 2.43. The first-order valence-electron chi connectivity index (χ1n) is 5.11. The Balaban J connectivity index is 2.79. The summed E-state index contributed by atoms with van der Waals surface area (Å²) in [6, 6.07) is 7.00. The summed E-state index contributed by atoms with van der Waals surface area (Å²) < 4.78 is 0.684. The second-order valence-corrected chi connectivity index (χ2v) is 5.24. The lowest BCUT2D eigenvalue weighted by Gasteiger charge is -2.24. The average molecular weight is 300 g/mol. The molecule has 1 rings (SSSR count). The van der Waals surface area contributed by atoms with E-state index in [9.17, 15) is 9.59 Å². The molecule has 0 aliphatic heterocycles. The SMILES string of the molecule is CC(C)(CC(=O)O)NC(=O)c1ccccc1Br. The first-order chi connectivity index (χ1) is 7.82. The van der Waals surface area contributed by atoms with E-state index in [1.54, 1.807) is 32.0 Å². The zero-order valence-corrected chi connectivity index (χ0v) is 11.2. The monoisotopic (exact) mass is 299 g/mol. The highest BCUT2D eigenvalue weighted by Gasteiger charge is 2.24. The predicted molar refractivity (Wildman–Crippen MR) is 67.9 cm³/mol. The van der Waals surface area contributed by atoms with Crippen LogP contribution >= 0.6 is 15.9 Å². The van der Waals surface area contributed by atoms with Gasteiger partial charge in [0.05, 0.1) is 12.0 Å². The third-order valence-electron chi connectivity index (χ3n) is 2.16. The van der Waals surface area contributed by atoms with Gasteiger partial charge >= 0.3 is 5.97 Å². The zero-order chi connectivity index (χ0) is 13.1. The number of hydrogen-bond donors (Lipinski definition) is 2. The fourth-order valence-electron chi connectivity index (χ4n) is 1.44. The number of amides is 1. The van der Waals surface area contributed by atoms with Gasteiger partial charge in [0.1, 0.15) is 0 Å². The fraction of sp³-hybridized carbons (Fsp3) is 0.333. The van der Waals surface area contributed by atoms with Crippen molar-refractivity contribution in [2.75, 3.05) is 0 Å². The van der Waals surface area contributed by atoms with Gasteiger partial charge in [0, 0.05) is 10.0 Å². The van der Waals surface area contributed by atoms with Gasteiger partial charge in [-0.2, -0.15) is 0 Å². The van der Waals surface area contributed by atoms with Gasteiger partial charge in [-0.25, -0.2) is 0 Å². The van der Waals surface area contributed by atoms with Crippen molar-refractivity contribution < 1.29 is 14.7 Å². The van der Waals surface area contributed by atoms with Crippen LogP contribution in [0.4, 0.5) is 0 Å². The highest BCUT2D eigenvalue weighted by atomic mass is 79.9. The van der Waals surface area contributed by atoms with Crippen LogP contribution in [0.2, 0.25) is 0 Å². The van der Waals surface area contributed by atoms with Crippen LogP contribution in [-0.4, -0.2) is 22.5 Å². The molecule has 0 atom stereocenters. The summed E-state index contributed by atoms with van der Waals surface area (Å²) >= 11 is 3.28. The molecule has 17 heavy (non-hydrogen) atoms. The summed E-state index contributed by atoms with van der Waals surface area (Å²) in [5.41, 5.74) is -0.288. The van der Waals surface area contributed by atoms with E-state index < -0.39 is 11.5 Å². The highest BCUT2D eigenvalue weighted by molar-refractivity contribution is 9.10. The van der Waals surface area contributed by atoms with Gasteiger partial charge in [-0.3, -0.25) is 9.59 Å². The molecule has 92 valence electrons. The Bertz CT molecular complexity index is 443. The number of nitrogens with one attached hydrogen (secondary N) is 1. The lowest BCUT2D eigenvalue weighted by molar-refractivity contribution is -0.138. The molecule has 0 unspecified atom stereocenters. The lowest BCUT2D eigenvalue weighted by Crippen LogP contribution is -2.45. The molecule has 0 heterocycles. The van der Waals surface area contributed by atoms with Crippen molar-refractivity contribution in [2.45, 2.75) is 25.8 Å². The van der Waals surface area contributed by atoms with E-state index in [-0.39, 0.29) is 12.3 Å². The van der Waals surface area contributed by atoms with E-state index in [0.29, 0.717) is 10.0 Å². The van der Waals surface area contributed by atoms with Crippen molar-refractivity contribution in [1.82, 2.24) is 5.32 Å². The molecule has 1 aromatic rings. The van der Waals surface area contributed by atoms with Crippen LogP contribution in [0.3, 0.4) is 0 Å². The van der Waals surface area contributed by atoms with Gasteiger partial charge in [0.15, 0.2) is 0 Å². The van der Waals surface area contributed by atoms with Gasteiger partial charge in [-0.05, 0) is 41.9 Å². The number of rotatable bonds is 4. The van der Waals surface area contributed by atoms with E-state index in [4.69, 9.17) is 5.11 Å². The molecule has 0 aromatic heterocycles. The lowest BCUT2D eigenvalue weighted by atomic mass is 10.00. The fourth-order valence-corrected chi connectivity index (χ4v) is 1.91. The molecule has 0 aliphatic carbocycles. The number of carbonyl (C=O) groups is 2. The van der Waals surface area contributed by atoms with Crippen molar-refractivity contribution in [2.24, 2.45) is 0 Å². The Morgan fingerprint density at radius 1 is 1.35 bits per heavy atom. The van der Waals surface area contributed by atoms with E-state index in [0.717, 1.165) is 0 Å². The van der Waals surface area contributed by atoms with Gasteiger partial charge in [0.2, 0.25) is 0 Å². The van der Waals surface area contributed by atoms with Crippen LogP contribution in [0.1, 0.15) is 30.6 Å². The maximum absolute atomic E-state index is 11.9. The molecule has 2 N–H and O–H groups in total. The molecule has 0 saturated heterocycles. The number of carbonyl (C=O) groups excluding carboxylic acids is 1. The van der Waals surface area contributed by atoms with Gasteiger partial charge in [0.25, 0.3) is 5.91 Å². The van der Waals surface area contributed by atoms with E-state index >= 15 is 0 Å². The number of halogens is 1. The summed E-state index contributed by atoms with van der Waals surface area (Å²) in [7, 11) is 0. The summed E-state index contributed by atoms with van der Waals surface area (Å²) in [4.78, 5) is 22.6. The molecule has 0 aliphatic rings. The normalized spacial score (nSPS) is 11.0. The summed E-state index contributed by atoms with van der Waals surface area (Å²) in [6.07, 6.45) is -0.122. The Hall–Kier alpha value is -1.36. The van der Waals surface area contributed by atoms with Crippen molar-refractivity contribution in [3.63, 3.8) is 0 Å². The smallest absolute Gasteiger partial charge is 0.305 e. The summed E-state index contributed by atoms with van der Waals surface area (Å²) in [5.74, 6) is -1.23. The minimum atomic E-state index is -0.942. The number of carboxylic acid groups (broad SMARTS) is 1. The molecule has 0 fully saturated rings. The third kappa shape index (κ3) is 4.19. The minimum absolute atomic E-state index is 0.122. The molecule has 0 spiro atoms. The molecule has 0 bridgehead atoms. The Morgan fingerprint density at radius 2 is 1.94 bits per heavy atom. The van der Waals surface area contributed by atoms with Gasteiger partial charge in [-0.1, -0.05) is 12.1 Å². The maximum Gasteiger partial charge on any atom is 0.305 e. The zero-order valence-electron chi connectivity index (χ0n) is 9.66. The number of aliphatic carboxylic acids is 1. The molecule has 5 heteroatoms. The summed E-state index contributed by atoms with van der Waals surface area (Å²) in [6.45, 7) is 3.35. The topological polar surface area (TPSA) is 66.4 Å². The van der Waals surface area contributed by atoms with E-state index in [1.165, 1.54) is 0 Å². The first-order valence-corrected chi connectivity index (χ1v) is 5.90. The van der Waals surface area contributed by atoms with Crippen molar-refractivity contribution in [3.8, 4) is 0 Å². The minimum Gasteiger partial charge on any atom is -0.481 e. The molecule has 0 saturated carbocycles. The average Bonchev–Trinajstić information content (AvgIpc) is 2.14. The number of carboxylic acids is 1. The van der Waals surface area contributed by atoms with Crippen LogP contribution in [0.15, 0.2) is 28.7 Å². The van der Waals surface area contributed by atoms with Crippen molar-refractivity contribution in [1.29, 1.82) is 0 Å². The standard InChI is InChI=1S/C12H14BrNO3/c1-12(2,7-10(15)16)14-11(17)8-5-3-4-6-9(8)13/h3-6H,7H2,1-2H3,(H,14,17)(H,15,16). The molecule has 0 radical (unpaired) electrons. The maximum atomic E-state index is 11.9. The number of hydrogen-bond acceptors (Lipinski definition) is 2. The molecule has 1 amide bonds. The Morgan fingerprint density at radius 3 is 2.47 bits per heavy atom. The van der Waals surface area contributed by atoms with E-state index in [2.05, 4.69) is 21.2 Å². The van der Waals surface area contributed by atoms with Crippen molar-refractivity contribution in [3.05, 3.63) is 34.3 Å². The second kappa shape index (κ2) is 5.31. The van der Waals surface area contributed by atoms with Crippen LogP contribution in [0, 0.1) is 0 Å². The Labute approximate surface area is 108 Å².